The van der Waals surface area contributed by atoms with Crippen LogP contribution in [0.25, 0.3) is 0 Å². The predicted molar refractivity (Wildman–Crippen MR) is 106 cm³/mol. The number of hydrogen-bond acceptors (Lipinski definition) is 5. The number of carbonyl (C=O) groups is 3. The van der Waals surface area contributed by atoms with Crippen molar-refractivity contribution in [3.63, 3.8) is 0 Å². The van der Waals surface area contributed by atoms with Gasteiger partial charge in [-0.15, -0.1) is 0 Å². The lowest BCUT2D eigenvalue weighted by Crippen LogP contribution is -2.26. The monoisotopic (exact) mass is 392 g/mol. The Morgan fingerprint density at radius 1 is 1.00 bits per heavy atom. The van der Waals surface area contributed by atoms with Crippen molar-refractivity contribution in [2.75, 3.05) is 11.9 Å². The van der Waals surface area contributed by atoms with Crippen molar-refractivity contribution < 1.29 is 23.5 Å². The highest BCUT2D eigenvalue weighted by molar-refractivity contribution is 6.04. The molecule has 0 saturated heterocycles. The van der Waals surface area contributed by atoms with E-state index in [1.54, 1.807) is 24.3 Å². The van der Waals surface area contributed by atoms with Crippen LogP contribution in [0.1, 0.15) is 31.8 Å². The van der Waals surface area contributed by atoms with E-state index in [0.717, 1.165) is 11.1 Å². The molecule has 0 spiro atoms. The molecular formula is C22H20N2O5. The number of anilines is 1. The molecule has 148 valence electrons. The van der Waals surface area contributed by atoms with Gasteiger partial charge in [-0.05, 0) is 30.7 Å². The molecule has 0 radical (unpaired) electrons. The molecule has 0 unspecified atom stereocenters. The summed E-state index contributed by atoms with van der Waals surface area (Å²) in [7, 11) is 0. The number of esters is 1. The zero-order valence-corrected chi connectivity index (χ0v) is 15.8. The molecule has 0 fully saturated rings. The molecule has 0 aliphatic carbocycles. The number of ether oxygens (including phenoxy) is 1. The van der Waals surface area contributed by atoms with Gasteiger partial charge in [0.05, 0.1) is 23.1 Å². The van der Waals surface area contributed by atoms with Gasteiger partial charge in [-0.1, -0.05) is 42.0 Å². The van der Waals surface area contributed by atoms with E-state index in [1.807, 2.05) is 31.2 Å². The first kappa shape index (κ1) is 19.9. The van der Waals surface area contributed by atoms with Crippen molar-refractivity contribution in [1.29, 1.82) is 0 Å². The van der Waals surface area contributed by atoms with Gasteiger partial charge < -0.3 is 19.8 Å². The average Bonchev–Trinajstić information content (AvgIpc) is 3.27. The van der Waals surface area contributed by atoms with Crippen molar-refractivity contribution in [2.24, 2.45) is 0 Å². The number of carbonyl (C=O) groups excluding carboxylic acids is 3. The van der Waals surface area contributed by atoms with Gasteiger partial charge in [-0.25, -0.2) is 4.79 Å². The minimum Gasteiger partial charge on any atom is -0.472 e. The molecule has 1 aromatic heterocycles. The molecule has 0 aliphatic rings. The van der Waals surface area contributed by atoms with E-state index >= 15 is 0 Å². The van der Waals surface area contributed by atoms with E-state index < -0.39 is 18.5 Å². The van der Waals surface area contributed by atoms with Crippen molar-refractivity contribution >= 4 is 23.5 Å². The first-order valence-electron chi connectivity index (χ1n) is 8.95. The van der Waals surface area contributed by atoms with Gasteiger partial charge >= 0.3 is 5.97 Å². The molecule has 0 bridgehead atoms. The van der Waals surface area contributed by atoms with Gasteiger partial charge in [0, 0.05) is 6.54 Å². The van der Waals surface area contributed by atoms with Crippen LogP contribution in [0.3, 0.4) is 0 Å². The Balaban J connectivity index is 1.57. The van der Waals surface area contributed by atoms with E-state index in [9.17, 15) is 14.4 Å². The zero-order valence-electron chi connectivity index (χ0n) is 15.8. The van der Waals surface area contributed by atoms with Gasteiger partial charge in [0.25, 0.3) is 11.8 Å². The summed E-state index contributed by atoms with van der Waals surface area (Å²) in [5.41, 5.74) is 2.97. The second kappa shape index (κ2) is 9.36. The highest BCUT2D eigenvalue weighted by Gasteiger charge is 2.15. The first-order chi connectivity index (χ1) is 14.0. The number of benzene rings is 2. The number of hydrogen-bond donors (Lipinski definition) is 2. The third-order valence-corrected chi connectivity index (χ3v) is 4.11. The topological polar surface area (TPSA) is 97.6 Å². The van der Waals surface area contributed by atoms with Crippen LogP contribution in [0.4, 0.5) is 5.69 Å². The largest absolute Gasteiger partial charge is 0.472 e. The molecule has 7 nitrogen and oxygen atoms in total. The maximum absolute atomic E-state index is 12.6. The number of para-hydroxylation sites is 1. The molecule has 1 heterocycles. The molecule has 3 aromatic rings. The first-order valence-corrected chi connectivity index (χ1v) is 8.95. The molecule has 7 heteroatoms. The molecule has 2 N–H and O–H groups in total. The summed E-state index contributed by atoms with van der Waals surface area (Å²) >= 11 is 0. The number of amides is 2. The van der Waals surface area contributed by atoms with Crippen LogP contribution >= 0.6 is 0 Å². The second-order valence-corrected chi connectivity index (χ2v) is 6.35. The minimum atomic E-state index is -0.668. The Hall–Kier alpha value is -3.87. The van der Waals surface area contributed by atoms with Gasteiger partial charge in [0.1, 0.15) is 6.26 Å². The Kier molecular flexibility index (Phi) is 6.42. The molecule has 0 atom stereocenters. The SMILES string of the molecule is Cc1ccc(CNC(=O)c2ccccc2NC(=O)COC(=O)c2ccoc2)cc1. The molecular weight excluding hydrogens is 372 g/mol. The van der Waals surface area contributed by atoms with Gasteiger partial charge in [0.15, 0.2) is 6.61 Å². The summed E-state index contributed by atoms with van der Waals surface area (Å²) in [6.07, 6.45) is 2.57. The second-order valence-electron chi connectivity index (χ2n) is 6.35. The summed E-state index contributed by atoms with van der Waals surface area (Å²) in [5.74, 6) is -1.55. The summed E-state index contributed by atoms with van der Waals surface area (Å²) in [6, 6.07) is 15.9. The molecule has 29 heavy (non-hydrogen) atoms. The van der Waals surface area contributed by atoms with Crippen LogP contribution in [-0.4, -0.2) is 24.4 Å². The summed E-state index contributed by atoms with van der Waals surface area (Å²) < 4.78 is 9.72. The Labute approximate surface area is 167 Å². The zero-order chi connectivity index (χ0) is 20.6. The van der Waals surface area contributed by atoms with Crippen LogP contribution in [-0.2, 0) is 16.1 Å². The maximum atomic E-state index is 12.6. The lowest BCUT2D eigenvalue weighted by Gasteiger charge is -2.12. The van der Waals surface area contributed by atoms with E-state index in [4.69, 9.17) is 9.15 Å². The average molecular weight is 392 g/mol. The fourth-order valence-corrected chi connectivity index (χ4v) is 2.55. The van der Waals surface area contributed by atoms with Gasteiger partial charge in [-0.3, -0.25) is 9.59 Å². The fraction of sp³-hybridized carbons (Fsp3) is 0.136. The Morgan fingerprint density at radius 2 is 1.76 bits per heavy atom. The van der Waals surface area contributed by atoms with Crippen LogP contribution in [0, 0.1) is 6.92 Å². The fourth-order valence-electron chi connectivity index (χ4n) is 2.55. The number of furan rings is 1. The quantitative estimate of drug-likeness (QED) is 0.601. The molecule has 2 amide bonds. The Bertz CT molecular complexity index is 994. The van der Waals surface area contributed by atoms with E-state index in [0.29, 0.717) is 17.8 Å². The normalized spacial score (nSPS) is 10.2. The van der Waals surface area contributed by atoms with Crippen molar-refractivity contribution in [2.45, 2.75) is 13.5 Å². The minimum absolute atomic E-state index is 0.216. The van der Waals surface area contributed by atoms with Crippen molar-refractivity contribution in [3.05, 3.63) is 89.4 Å². The van der Waals surface area contributed by atoms with Crippen LogP contribution in [0.2, 0.25) is 0 Å². The summed E-state index contributed by atoms with van der Waals surface area (Å²) in [6.45, 7) is 1.88. The highest BCUT2D eigenvalue weighted by Crippen LogP contribution is 2.15. The number of aryl methyl sites for hydroxylation is 1. The highest BCUT2D eigenvalue weighted by atomic mass is 16.5. The lowest BCUT2D eigenvalue weighted by atomic mass is 10.1. The predicted octanol–water partition coefficient (Wildman–Crippen LogP) is 3.31. The standard InChI is InChI=1S/C22H20N2O5/c1-15-6-8-16(9-7-15)12-23-21(26)18-4-2-3-5-19(18)24-20(25)14-29-22(27)17-10-11-28-13-17/h2-11,13H,12,14H2,1H3,(H,23,26)(H,24,25). The summed E-state index contributed by atoms with van der Waals surface area (Å²) in [4.78, 5) is 36.4. The molecule has 0 saturated carbocycles. The summed E-state index contributed by atoms with van der Waals surface area (Å²) in [5, 5.41) is 5.43. The van der Waals surface area contributed by atoms with Crippen LogP contribution in [0.5, 0.6) is 0 Å². The molecule has 2 aromatic carbocycles. The number of rotatable bonds is 7. The molecule has 3 rings (SSSR count). The number of nitrogens with one attached hydrogen (secondary N) is 2. The van der Waals surface area contributed by atoms with Gasteiger partial charge in [0.2, 0.25) is 0 Å². The van der Waals surface area contributed by atoms with Gasteiger partial charge in [-0.2, -0.15) is 0 Å². The van der Waals surface area contributed by atoms with E-state index in [-0.39, 0.29) is 11.5 Å². The van der Waals surface area contributed by atoms with E-state index in [2.05, 4.69) is 10.6 Å². The third kappa shape index (κ3) is 5.55. The molecule has 0 aliphatic heterocycles. The Morgan fingerprint density at radius 3 is 2.48 bits per heavy atom. The lowest BCUT2D eigenvalue weighted by molar-refractivity contribution is -0.119. The van der Waals surface area contributed by atoms with Crippen LogP contribution in [0.15, 0.2) is 71.5 Å². The van der Waals surface area contributed by atoms with E-state index in [1.165, 1.54) is 18.6 Å². The van der Waals surface area contributed by atoms with Crippen molar-refractivity contribution in [3.8, 4) is 0 Å². The smallest absolute Gasteiger partial charge is 0.341 e. The maximum Gasteiger partial charge on any atom is 0.341 e. The third-order valence-electron chi connectivity index (χ3n) is 4.11. The van der Waals surface area contributed by atoms with Crippen molar-refractivity contribution in [1.82, 2.24) is 5.32 Å². The van der Waals surface area contributed by atoms with Crippen LogP contribution < -0.4 is 10.6 Å².